The summed E-state index contributed by atoms with van der Waals surface area (Å²) in [6, 6.07) is -0.485. The van der Waals surface area contributed by atoms with E-state index < -0.39 is 0 Å². The van der Waals surface area contributed by atoms with E-state index in [0.29, 0.717) is 0 Å². The van der Waals surface area contributed by atoms with Gasteiger partial charge < -0.3 is 14.6 Å². The Hall–Kier alpha value is -1.06. The summed E-state index contributed by atoms with van der Waals surface area (Å²) in [5.74, 6) is 0.145. The van der Waals surface area contributed by atoms with Gasteiger partial charge in [-0.05, 0) is 5.92 Å². The second-order valence-electron chi connectivity index (χ2n) is 3.66. The smallest absolute Gasteiger partial charge is 0.319 e. The van der Waals surface area contributed by atoms with Gasteiger partial charge in [-0.15, -0.1) is 0 Å². The number of urea groups is 1. The van der Waals surface area contributed by atoms with Crippen molar-refractivity contribution >= 4 is 12.3 Å². The number of hydrogen-bond acceptors (Lipinski definition) is 2. The molecular weight excluding hydrogens is 168 g/mol. The first-order valence-corrected chi connectivity index (χ1v) is 4.31. The van der Waals surface area contributed by atoms with Crippen LogP contribution in [0.5, 0.6) is 0 Å². The van der Waals surface area contributed by atoms with E-state index in [1.165, 1.54) is 9.80 Å². The fraction of sp³-hybridized carbons (Fsp3) is 0.778. The van der Waals surface area contributed by atoms with Gasteiger partial charge in [-0.25, -0.2) is 4.79 Å². The fourth-order valence-corrected chi connectivity index (χ4v) is 1.14. The number of amides is 2. The molecule has 1 atom stereocenters. The maximum atomic E-state index is 11.4. The lowest BCUT2D eigenvalue weighted by atomic mass is 10.1. The lowest BCUT2D eigenvalue weighted by Gasteiger charge is -2.29. The highest BCUT2D eigenvalue weighted by Crippen LogP contribution is 2.07. The van der Waals surface area contributed by atoms with Crippen LogP contribution in [0.4, 0.5) is 4.79 Å². The van der Waals surface area contributed by atoms with Gasteiger partial charge in [0.2, 0.25) is 0 Å². The van der Waals surface area contributed by atoms with E-state index in [2.05, 4.69) is 0 Å². The zero-order chi connectivity index (χ0) is 10.6. The normalized spacial score (nSPS) is 12.5. The van der Waals surface area contributed by atoms with Crippen molar-refractivity contribution in [3.8, 4) is 0 Å². The molecule has 2 amide bonds. The lowest BCUT2D eigenvalue weighted by Crippen LogP contribution is -2.46. The van der Waals surface area contributed by atoms with Crippen LogP contribution in [-0.4, -0.2) is 49.3 Å². The van der Waals surface area contributed by atoms with Crippen LogP contribution in [0.15, 0.2) is 0 Å². The van der Waals surface area contributed by atoms with Crippen molar-refractivity contribution in [2.45, 2.75) is 19.9 Å². The molecule has 0 saturated carbocycles. The van der Waals surface area contributed by atoms with E-state index in [1.807, 2.05) is 13.8 Å². The monoisotopic (exact) mass is 186 g/mol. The van der Waals surface area contributed by atoms with Gasteiger partial charge in [0.05, 0.1) is 6.04 Å². The van der Waals surface area contributed by atoms with Crippen LogP contribution in [0.25, 0.3) is 0 Å². The molecular formula is C9H18N2O2. The van der Waals surface area contributed by atoms with Crippen LogP contribution in [0.3, 0.4) is 0 Å². The van der Waals surface area contributed by atoms with Crippen LogP contribution in [0, 0.1) is 5.92 Å². The molecule has 0 spiro atoms. The molecule has 4 heteroatoms. The van der Waals surface area contributed by atoms with Crippen LogP contribution in [0.2, 0.25) is 0 Å². The standard InChI is InChI=1S/C9H18N2O2/c1-7(2)8(6-12)11(5)9(13)10(3)4/h6-8H,1-5H3/t8-/m1/s1. The Morgan fingerprint density at radius 2 is 1.69 bits per heavy atom. The molecule has 0 aliphatic carbocycles. The zero-order valence-corrected chi connectivity index (χ0v) is 8.94. The van der Waals surface area contributed by atoms with Gasteiger partial charge in [-0.1, -0.05) is 13.8 Å². The summed E-state index contributed by atoms with van der Waals surface area (Å²) in [7, 11) is 4.98. The van der Waals surface area contributed by atoms with Crippen molar-refractivity contribution in [3.05, 3.63) is 0 Å². The summed E-state index contributed by atoms with van der Waals surface area (Å²) in [6.45, 7) is 3.83. The highest BCUT2D eigenvalue weighted by Gasteiger charge is 2.22. The largest absolute Gasteiger partial charge is 0.331 e. The minimum Gasteiger partial charge on any atom is -0.331 e. The third kappa shape index (κ3) is 3.05. The molecule has 76 valence electrons. The van der Waals surface area contributed by atoms with Gasteiger partial charge in [-0.2, -0.15) is 0 Å². The Labute approximate surface area is 79.5 Å². The number of carbonyl (C=O) groups is 2. The lowest BCUT2D eigenvalue weighted by molar-refractivity contribution is -0.112. The third-order valence-electron chi connectivity index (χ3n) is 1.95. The summed E-state index contributed by atoms with van der Waals surface area (Å²) >= 11 is 0. The number of nitrogens with zero attached hydrogens (tertiary/aromatic N) is 2. The molecule has 0 rings (SSSR count). The average molecular weight is 186 g/mol. The number of hydrogen-bond donors (Lipinski definition) is 0. The van der Waals surface area contributed by atoms with Gasteiger partial charge in [0.1, 0.15) is 6.29 Å². The summed E-state index contributed by atoms with van der Waals surface area (Å²) in [5, 5.41) is 0. The third-order valence-corrected chi connectivity index (χ3v) is 1.95. The zero-order valence-electron chi connectivity index (χ0n) is 8.94. The second-order valence-corrected chi connectivity index (χ2v) is 3.66. The van der Waals surface area contributed by atoms with Crippen molar-refractivity contribution in [3.63, 3.8) is 0 Å². The van der Waals surface area contributed by atoms with Crippen LogP contribution < -0.4 is 0 Å². The topological polar surface area (TPSA) is 40.6 Å². The Morgan fingerprint density at radius 1 is 1.23 bits per heavy atom. The highest BCUT2D eigenvalue weighted by molar-refractivity contribution is 5.77. The highest BCUT2D eigenvalue weighted by atomic mass is 16.2. The molecule has 0 heterocycles. The molecule has 0 aromatic rings. The Morgan fingerprint density at radius 3 is 1.92 bits per heavy atom. The van der Waals surface area contributed by atoms with Gasteiger partial charge >= 0.3 is 6.03 Å². The minimum atomic E-state index is -0.338. The molecule has 0 aromatic heterocycles. The fourth-order valence-electron chi connectivity index (χ4n) is 1.14. The Bertz CT molecular complexity index is 190. The molecule has 0 fully saturated rings. The van der Waals surface area contributed by atoms with Crippen LogP contribution in [0.1, 0.15) is 13.8 Å². The van der Waals surface area contributed by atoms with Crippen molar-refractivity contribution < 1.29 is 9.59 Å². The van der Waals surface area contributed by atoms with Crippen molar-refractivity contribution in [1.29, 1.82) is 0 Å². The number of rotatable bonds is 3. The number of carbonyl (C=O) groups excluding carboxylic acids is 2. The Balaban J connectivity index is 4.45. The average Bonchev–Trinajstić information content (AvgIpc) is 2.03. The molecule has 0 N–H and O–H groups in total. The molecule has 0 saturated heterocycles. The van der Waals surface area contributed by atoms with Gasteiger partial charge in [0, 0.05) is 21.1 Å². The predicted octanol–water partition coefficient (Wildman–Crippen LogP) is 0.823. The summed E-state index contributed by atoms with van der Waals surface area (Å²) in [4.78, 5) is 25.1. The van der Waals surface area contributed by atoms with Crippen LogP contribution >= 0.6 is 0 Å². The van der Waals surface area contributed by atoms with Crippen molar-refractivity contribution in [2.24, 2.45) is 5.92 Å². The van der Waals surface area contributed by atoms with E-state index >= 15 is 0 Å². The molecule has 0 radical (unpaired) electrons. The molecule has 13 heavy (non-hydrogen) atoms. The summed E-state index contributed by atoms with van der Waals surface area (Å²) < 4.78 is 0. The summed E-state index contributed by atoms with van der Waals surface area (Å²) in [5.41, 5.74) is 0. The second kappa shape index (κ2) is 4.84. The Kier molecular flexibility index (Phi) is 4.45. The molecule has 4 nitrogen and oxygen atoms in total. The van der Waals surface area contributed by atoms with Gasteiger partial charge in [-0.3, -0.25) is 0 Å². The summed E-state index contributed by atoms with van der Waals surface area (Å²) in [6.07, 6.45) is 0.812. The van der Waals surface area contributed by atoms with E-state index in [9.17, 15) is 9.59 Å². The molecule has 0 aliphatic rings. The first kappa shape index (κ1) is 11.9. The van der Waals surface area contributed by atoms with Crippen molar-refractivity contribution in [1.82, 2.24) is 9.80 Å². The molecule has 0 aromatic carbocycles. The van der Waals surface area contributed by atoms with E-state index in [1.54, 1.807) is 21.1 Å². The van der Waals surface area contributed by atoms with E-state index in [0.717, 1.165) is 6.29 Å². The number of aldehydes is 1. The maximum Gasteiger partial charge on any atom is 0.319 e. The maximum absolute atomic E-state index is 11.4. The van der Waals surface area contributed by atoms with Gasteiger partial charge in [0.25, 0.3) is 0 Å². The van der Waals surface area contributed by atoms with Crippen LogP contribution in [-0.2, 0) is 4.79 Å². The van der Waals surface area contributed by atoms with E-state index in [4.69, 9.17) is 0 Å². The molecule has 0 bridgehead atoms. The van der Waals surface area contributed by atoms with E-state index in [-0.39, 0.29) is 18.0 Å². The SMILES string of the molecule is CC(C)[C@@H](C=O)N(C)C(=O)N(C)C. The quantitative estimate of drug-likeness (QED) is 0.612. The first-order chi connectivity index (χ1) is 5.91. The number of likely N-dealkylation sites (N-methyl/N-ethyl adjacent to an activating group) is 1. The first-order valence-electron chi connectivity index (χ1n) is 4.31. The minimum absolute atomic E-state index is 0.145. The van der Waals surface area contributed by atoms with Crippen molar-refractivity contribution in [2.75, 3.05) is 21.1 Å². The molecule has 0 aliphatic heterocycles. The predicted molar refractivity (Wildman–Crippen MR) is 51.5 cm³/mol. The van der Waals surface area contributed by atoms with Gasteiger partial charge in [0.15, 0.2) is 0 Å². The molecule has 0 unspecified atom stereocenters.